The molecule has 3 N–H and O–H groups in total. The van der Waals surface area contributed by atoms with Crippen molar-refractivity contribution in [2.45, 2.75) is 30.7 Å². The number of hydrogen-bond donors (Lipinski definition) is 3. The lowest BCUT2D eigenvalue weighted by Gasteiger charge is -2.24. The maximum Gasteiger partial charge on any atom is 0.263 e. The molecule has 0 saturated heterocycles. The van der Waals surface area contributed by atoms with Gasteiger partial charge in [-0.3, -0.25) is 14.2 Å². The van der Waals surface area contributed by atoms with Crippen molar-refractivity contribution < 1.29 is 23.6 Å². The highest BCUT2D eigenvalue weighted by atomic mass is 32.2. The summed E-state index contributed by atoms with van der Waals surface area (Å²) in [4.78, 5) is 12.9. The van der Waals surface area contributed by atoms with Crippen LogP contribution in [0.2, 0.25) is 0 Å². The van der Waals surface area contributed by atoms with E-state index >= 15 is 0 Å². The predicted molar refractivity (Wildman–Crippen MR) is 124 cm³/mol. The minimum absolute atomic E-state index is 0.0274. The molecular weight excluding hydrogens is 444 g/mol. The molecule has 1 amide bonds. The van der Waals surface area contributed by atoms with Gasteiger partial charge in [-0.15, -0.1) is 0 Å². The third kappa shape index (κ3) is 5.35. The number of hydrogen-bond acceptors (Lipinski definition) is 7. The fourth-order valence-electron chi connectivity index (χ4n) is 3.24. The molecule has 0 fully saturated rings. The molecule has 1 aromatic heterocycles. The van der Waals surface area contributed by atoms with Crippen LogP contribution >= 0.6 is 0 Å². The molecule has 0 radical (unpaired) electrons. The van der Waals surface area contributed by atoms with E-state index in [0.717, 1.165) is 5.56 Å². The number of amides is 1. The molecule has 0 aliphatic heterocycles. The summed E-state index contributed by atoms with van der Waals surface area (Å²) in [6.07, 6.45) is 3.49. The first-order valence-electron chi connectivity index (χ1n) is 10.2. The Labute approximate surface area is 193 Å². The van der Waals surface area contributed by atoms with Crippen LogP contribution < -0.4 is 14.2 Å². The molecule has 2 aromatic carbocycles. The van der Waals surface area contributed by atoms with Gasteiger partial charge in [0, 0.05) is 28.9 Å². The second-order valence-corrected chi connectivity index (χ2v) is 9.88. The second-order valence-electron chi connectivity index (χ2n) is 8.13. The van der Waals surface area contributed by atoms with Crippen molar-refractivity contribution in [3.05, 3.63) is 71.5 Å². The SMILES string of the molecule is COc1cc(C(=O)N[S@@](=N)(=O)c2cc(C(C)(C)CO)ccc2OC)ccc1Cn1cccn1. The molecule has 3 rings (SSSR count). The van der Waals surface area contributed by atoms with Gasteiger partial charge in [0.2, 0.25) is 0 Å². The Morgan fingerprint density at radius 1 is 1.18 bits per heavy atom. The van der Waals surface area contributed by atoms with Gasteiger partial charge in [0.25, 0.3) is 5.91 Å². The number of methoxy groups -OCH3 is 2. The van der Waals surface area contributed by atoms with E-state index in [4.69, 9.17) is 14.3 Å². The van der Waals surface area contributed by atoms with E-state index < -0.39 is 21.2 Å². The lowest BCUT2D eigenvalue weighted by atomic mass is 9.86. The Morgan fingerprint density at radius 3 is 2.52 bits per heavy atom. The monoisotopic (exact) mass is 472 g/mol. The third-order valence-electron chi connectivity index (χ3n) is 5.33. The smallest absolute Gasteiger partial charge is 0.263 e. The number of nitrogens with zero attached hydrogens (tertiary/aromatic N) is 2. The van der Waals surface area contributed by atoms with Crippen molar-refractivity contribution in [1.82, 2.24) is 14.5 Å². The fraction of sp³-hybridized carbons (Fsp3) is 0.304. The molecule has 0 saturated carbocycles. The van der Waals surface area contributed by atoms with Gasteiger partial charge in [-0.2, -0.15) is 5.10 Å². The van der Waals surface area contributed by atoms with E-state index in [-0.39, 0.29) is 22.8 Å². The van der Waals surface area contributed by atoms with Crippen LogP contribution in [0.5, 0.6) is 11.5 Å². The number of rotatable bonds is 9. The van der Waals surface area contributed by atoms with Crippen molar-refractivity contribution in [2.75, 3.05) is 20.8 Å². The molecule has 1 heterocycles. The quantitative estimate of drug-likeness (QED) is 0.439. The molecule has 0 bridgehead atoms. The van der Waals surface area contributed by atoms with Crippen LogP contribution in [0.3, 0.4) is 0 Å². The molecule has 0 unspecified atom stereocenters. The minimum atomic E-state index is -3.77. The Hall–Kier alpha value is -3.37. The molecule has 33 heavy (non-hydrogen) atoms. The zero-order valence-electron chi connectivity index (χ0n) is 19.0. The molecule has 176 valence electrons. The molecule has 10 heteroatoms. The second kappa shape index (κ2) is 9.63. The topological polar surface area (TPSA) is 127 Å². The van der Waals surface area contributed by atoms with Gasteiger partial charge in [0.05, 0.1) is 27.4 Å². The number of aliphatic hydroxyl groups excluding tert-OH is 1. The van der Waals surface area contributed by atoms with Crippen molar-refractivity contribution >= 4 is 15.8 Å². The van der Waals surface area contributed by atoms with Crippen molar-refractivity contribution in [3.63, 3.8) is 0 Å². The summed E-state index contributed by atoms with van der Waals surface area (Å²) in [5.41, 5.74) is 1.05. The number of nitrogens with one attached hydrogen (secondary N) is 2. The maximum absolute atomic E-state index is 13.3. The predicted octanol–water partition coefficient (Wildman–Crippen LogP) is 2.97. The summed E-state index contributed by atoms with van der Waals surface area (Å²) < 4.78 is 36.5. The van der Waals surface area contributed by atoms with Crippen LogP contribution in [0, 0.1) is 4.78 Å². The van der Waals surface area contributed by atoms with Crippen molar-refractivity contribution in [2.24, 2.45) is 0 Å². The molecular formula is C23H28N4O5S. The summed E-state index contributed by atoms with van der Waals surface area (Å²) in [5, 5.41) is 13.8. The van der Waals surface area contributed by atoms with Gasteiger partial charge < -0.3 is 14.6 Å². The summed E-state index contributed by atoms with van der Waals surface area (Å²) in [7, 11) is -0.878. The number of carbonyl (C=O) groups excluding carboxylic acids is 1. The lowest BCUT2D eigenvalue weighted by molar-refractivity contribution is 0.0982. The number of carbonyl (C=O) groups is 1. The van der Waals surface area contributed by atoms with Gasteiger partial charge in [0.15, 0.2) is 9.92 Å². The molecule has 0 aliphatic carbocycles. The van der Waals surface area contributed by atoms with Gasteiger partial charge >= 0.3 is 0 Å². The maximum atomic E-state index is 13.3. The van der Waals surface area contributed by atoms with Crippen molar-refractivity contribution in [1.29, 1.82) is 4.78 Å². The van der Waals surface area contributed by atoms with E-state index in [1.807, 2.05) is 26.1 Å². The van der Waals surface area contributed by atoms with Crippen LogP contribution in [-0.4, -0.2) is 45.8 Å². The summed E-state index contributed by atoms with van der Waals surface area (Å²) in [5.74, 6) is -0.00772. The highest BCUT2D eigenvalue weighted by Gasteiger charge is 2.25. The first-order chi connectivity index (χ1) is 15.6. The number of benzene rings is 2. The highest BCUT2D eigenvalue weighted by Crippen LogP contribution is 2.31. The first-order valence-corrected chi connectivity index (χ1v) is 11.7. The highest BCUT2D eigenvalue weighted by molar-refractivity contribution is 7.91. The van der Waals surface area contributed by atoms with Crippen LogP contribution in [0.1, 0.15) is 35.3 Å². The molecule has 1 atom stereocenters. The molecule has 0 spiro atoms. The number of aromatic nitrogens is 2. The third-order valence-corrected chi connectivity index (χ3v) is 6.74. The number of ether oxygens (including phenoxy) is 2. The lowest BCUT2D eigenvalue weighted by Crippen LogP contribution is -2.30. The van der Waals surface area contributed by atoms with Gasteiger partial charge in [-0.05, 0) is 35.9 Å². The standard InChI is InChI=1S/C23H28N4O5S/c1-23(2,15-28)18-8-9-19(31-3)21(13-18)33(24,30)26-22(29)16-6-7-17(20(12-16)32-4)14-27-11-5-10-25-27/h5-13,28H,14-15H2,1-4H3,(H2,24,26,29,30)/t33-/m1/s1. The van der Waals surface area contributed by atoms with E-state index in [0.29, 0.717) is 17.9 Å². The van der Waals surface area contributed by atoms with E-state index in [9.17, 15) is 14.1 Å². The summed E-state index contributed by atoms with van der Waals surface area (Å²) in [6, 6.07) is 11.5. The zero-order chi connectivity index (χ0) is 24.2. The van der Waals surface area contributed by atoms with Crippen LogP contribution in [0.4, 0.5) is 0 Å². The summed E-state index contributed by atoms with van der Waals surface area (Å²) >= 11 is 0. The Morgan fingerprint density at radius 2 is 1.91 bits per heavy atom. The van der Waals surface area contributed by atoms with Crippen molar-refractivity contribution in [3.8, 4) is 11.5 Å². The molecule has 9 nitrogen and oxygen atoms in total. The zero-order valence-corrected chi connectivity index (χ0v) is 19.8. The van der Waals surface area contributed by atoms with Crippen LogP contribution in [0.15, 0.2) is 59.8 Å². The fourth-order valence-corrected chi connectivity index (χ4v) is 4.46. The van der Waals surface area contributed by atoms with Crippen LogP contribution in [0.25, 0.3) is 0 Å². The van der Waals surface area contributed by atoms with E-state index in [1.165, 1.54) is 26.4 Å². The van der Waals surface area contributed by atoms with Crippen LogP contribution in [-0.2, 0) is 21.9 Å². The Bertz CT molecular complexity index is 1240. The van der Waals surface area contributed by atoms with Gasteiger partial charge in [-0.1, -0.05) is 26.0 Å². The molecule has 3 aromatic rings. The summed E-state index contributed by atoms with van der Waals surface area (Å²) in [6.45, 7) is 3.95. The Kier molecular flexibility index (Phi) is 7.09. The molecule has 0 aliphatic rings. The van der Waals surface area contributed by atoms with Gasteiger partial charge in [0.1, 0.15) is 16.4 Å². The van der Waals surface area contributed by atoms with Gasteiger partial charge in [-0.25, -0.2) is 8.99 Å². The normalized spacial score (nSPS) is 13.2. The van der Waals surface area contributed by atoms with E-state index in [1.54, 1.807) is 35.1 Å². The first kappa shape index (κ1) is 24.3. The minimum Gasteiger partial charge on any atom is -0.496 e. The van der Waals surface area contributed by atoms with E-state index in [2.05, 4.69) is 9.82 Å². The number of aliphatic hydroxyl groups is 1. The average molecular weight is 473 g/mol. The largest absolute Gasteiger partial charge is 0.496 e. The Balaban J connectivity index is 1.90. The average Bonchev–Trinajstić information content (AvgIpc) is 3.31.